The number of phenolic OH excluding ortho intramolecular Hbond substituents is 1. The lowest BCUT2D eigenvalue weighted by Gasteiger charge is -2.10. The normalized spacial score (nSPS) is 10.2. The van der Waals surface area contributed by atoms with E-state index in [0.29, 0.717) is 21.1 Å². The van der Waals surface area contributed by atoms with E-state index in [2.05, 4.69) is 37.2 Å². The summed E-state index contributed by atoms with van der Waals surface area (Å²) < 4.78 is 5.94. The Morgan fingerprint density at radius 3 is 2.52 bits per heavy atom. The van der Waals surface area contributed by atoms with Gasteiger partial charge in [0.2, 0.25) is 0 Å². The summed E-state index contributed by atoms with van der Waals surface area (Å²) >= 11 is 6.59. The van der Waals surface area contributed by atoms with Gasteiger partial charge >= 0.3 is 5.97 Å². The molecule has 4 nitrogen and oxygen atoms in total. The number of methoxy groups -OCH3 is 1. The maximum absolute atomic E-state index is 11.5. The van der Waals surface area contributed by atoms with Crippen molar-refractivity contribution in [2.24, 2.45) is 0 Å². The third-order valence-electron chi connectivity index (χ3n) is 2.86. The lowest BCUT2D eigenvalue weighted by atomic mass is 10.2. The van der Waals surface area contributed by atoms with E-state index >= 15 is 0 Å². The Bertz CT molecular complexity index is 651. The first-order chi connectivity index (χ1) is 10.0. The largest absolute Gasteiger partial charge is 0.506 e. The van der Waals surface area contributed by atoms with E-state index in [1.807, 2.05) is 18.2 Å². The second-order valence-electron chi connectivity index (χ2n) is 4.33. The number of carbonyl (C=O) groups excluding carboxylic acids is 1. The molecule has 21 heavy (non-hydrogen) atoms. The summed E-state index contributed by atoms with van der Waals surface area (Å²) in [6.45, 7) is 0.558. The monoisotopic (exact) mass is 413 g/mol. The molecule has 110 valence electrons. The first-order valence-electron chi connectivity index (χ1n) is 6.10. The predicted octanol–water partition coefficient (Wildman–Crippen LogP) is 4.32. The van der Waals surface area contributed by atoms with Gasteiger partial charge in [-0.2, -0.15) is 0 Å². The van der Waals surface area contributed by atoms with Crippen molar-refractivity contribution in [2.45, 2.75) is 6.54 Å². The van der Waals surface area contributed by atoms with E-state index in [1.54, 1.807) is 18.2 Å². The van der Waals surface area contributed by atoms with Gasteiger partial charge in [-0.15, -0.1) is 0 Å². The predicted molar refractivity (Wildman–Crippen MR) is 88.6 cm³/mol. The van der Waals surface area contributed by atoms with Gasteiger partial charge in [0.25, 0.3) is 0 Å². The number of phenols is 1. The molecule has 0 bridgehead atoms. The SMILES string of the molecule is COC(=O)c1cccc(NCc2cc(Br)c(O)c(Br)c2)c1. The standard InChI is InChI=1S/C15H13Br2NO3/c1-21-15(20)10-3-2-4-11(7-10)18-8-9-5-12(16)14(19)13(17)6-9/h2-7,18-19H,8H2,1H3. The highest BCUT2D eigenvalue weighted by Crippen LogP contribution is 2.33. The lowest BCUT2D eigenvalue weighted by molar-refractivity contribution is 0.0601. The van der Waals surface area contributed by atoms with Gasteiger partial charge in [-0.3, -0.25) is 0 Å². The van der Waals surface area contributed by atoms with Crippen molar-refractivity contribution in [3.8, 4) is 5.75 Å². The summed E-state index contributed by atoms with van der Waals surface area (Å²) in [4.78, 5) is 11.5. The zero-order valence-corrected chi connectivity index (χ0v) is 14.4. The Balaban J connectivity index is 2.11. The maximum atomic E-state index is 11.5. The van der Waals surface area contributed by atoms with E-state index in [1.165, 1.54) is 7.11 Å². The van der Waals surface area contributed by atoms with Crippen LogP contribution < -0.4 is 5.32 Å². The van der Waals surface area contributed by atoms with Crippen molar-refractivity contribution < 1.29 is 14.6 Å². The minimum atomic E-state index is -0.367. The van der Waals surface area contributed by atoms with Crippen LogP contribution in [0, 0.1) is 0 Å². The molecule has 0 amide bonds. The third kappa shape index (κ3) is 3.98. The van der Waals surface area contributed by atoms with Crippen LogP contribution >= 0.6 is 31.9 Å². The van der Waals surface area contributed by atoms with Gasteiger partial charge in [0, 0.05) is 12.2 Å². The molecule has 0 aliphatic rings. The Morgan fingerprint density at radius 2 is 1.90 bits per heavy atom. The highest BCUT2D eigenvalue weighted by Gasteiger charge is 2.07. The summed E-state index contributed by atoms with van der Waals surface area (Å²) in [6.07, 6.45) is 0. The average Bonchev–Trinajstić information content (AvgIpc) is 2.50. The van der Waals surface area contributed by atoms with E-state index in [4.69, 9.17) is 4.74 Å². The highest BCUT2D eigenvalue weighted by molar-refractivity contribution is 9.11. The van der Waals surface area contributed by atoms with Crippen molar-refractivity contribution in [1.82, 2.24) is 0 Å². The summed E-state index contributed by atoms with van der Waals surface area (Å²) in [5, 5.41) is 12.9. The van der Waals surface area contributed by atoms with E-state index in [9.17, 15) is 9.90 Å². The van der Waals surface area contributed by atoms with Crippen LogP contribution in [0.15, 0.2) is 45.3 Å². The Morgan fingerprint density at radius 1 is 1.24 bits per heavy atom. The van der Waals surface area contributed by atoms with Gasteiger partial charge in [-0.1, -0.05) is 6.07 Å². The molecule has 0 heterocycles. The van der Waals surface area contributed by atoms with Crippen LogP contribution in [-0.4, -0.2) is 18.2 Å². The Kier molecular flexibility index (Phi) is 5.25. The zero-order chi connectivity index (χ0) is 15.4. The second-order valence-corrected chi connectivity index (χ2v) is 6.04. The Hall–Kier alpha value is -1.53. The molecule has 0 radical (unpaired) electrons. The first-order valence-corrected chi connectivity index (χ1v) is 7.69. The highest BCUT2D eigenvalue weighted by atomic mass is 79.9. The van der Waals surface area contributed by atoms with Crippen LogP contribution in [0.2, 0.25) is 0 Å². The van der Waals surface area contributed by atoms with Gasteiger partial charge in [0.05, 0.1) is 21.6 Å². The molecule has 2 aromatic rings. The number of hydrogen-bond acceptors (Lipinski definition) is 4. The van der Waals surface area contributed by atoms with E-state index in [-0.39, 0.29) is 11.7 Å². The number of rotatable bonds is 4. The summed E-state index contributed by atoms with van der Waals surface area (Å²) in [5.41, 5.74) is 2.30. The summed E-state index contributed by atoms with van der Waals surface area (Å²) in [7, 11) is 1.36. The fraction of sp³-hybridized carbons (Fsp3) is 0.133. The lowest BCUT2D eigenvalue weighted by Crippen LogP contribution is -2.04. The van der Waals surface area contributed by atoms with Gasteiger partial charge in [-0.05, 0) is 67.8 Å². The number of hydrogen-bond donors (Lipinski definition) is 2. The third-order valence-corrected chi connectivity index (χ3v) is 4.07. The van der Waals surface area contributed by atoms with Crippen LogP contribution in [0.25, 0.3) is 0 Å². The quantitative estimate of drug-likeness (QED) is 0.731. The molecule has 0 spiro atoms. The summed E-state index contributed by atoms with van der Waals surface area (Å²) in [5.74, 6) is -0.194. The van der Waals surface area contributed by atoms with E-state index in [0.717, 1.165) is 11.3 Å². The smallest absolute Gasteiger partial charge is 0.337 e. The molecule has 0 saturated heterocycles. The molecule has 2 aromatic carbocycles. The minimum absolute atomic E-state index is 0.173. The number of esters is 1. The number of halogens is 2. The van der Waals surface area contributed by atoms with Crippen LogP contribution in [0.5, 0.6) is 5.75 Å². The van der Waals surface area contributed by atoms with Crippen molar-refractivity contribution in [3.63, 3.8) is 0 Å². The molecule has 6 heteroatoms. The molecule has 0 aliphatic heterocycles. The fourth-order valence-electron chi connectivity index (χ4n) is 1.80. The van der Waals surface area contributed by atoms with Crippen LogP contribution in [0.1, 0.15) is 15.9 Å². The molecule has 0 unspecified atom stereocenters. The molecular formula is C15H13Br2NO3. The number of benzene rings is 2. The number of carbonyl (C=O) groups is 1. The zero-order valence-electron chi connectivity index (χ0n) is 11.2. The molecule has 0 atom stereocenters. The Labute approximate surface area is 139 Å². The first kappa shape index (κ1) is 15.9. The van der Waals surface area contributed by atoms with Crippen molar-refractivity contribution >= 4 is 43.5 Å². The maximum Gasteiger partial charge on any atom is 0.337 e. The van der Waals surface area contributed by atoms with Gasteiger partial charge < -0.3 is 15.2 Å². The van der Waals surface area contributed by atoms with Crippen LogP contribution in [0.4, 0.5) is 5.69 Å². The number of ether oxygens (including phenoxy) is 1. The van der Waals surface area contributed by atoms with Gasteiger partial charge in [-0.25, -0.2) is 4.79 Å². The van der Waals surface area contributed by atoms with E-state index < -0.39 is 0 Å². The number of anilines is 1. The van der Waals surface area contributed by atoms with Crippen molar-refractivity contribution in [1.29, 1.82) is 0 Å². The van der Waals surface area contributed by atoms with Crippen molar-refractivity contribution in [3.05, 3.63) is 56.5 Å². The van der Waals surface area contributed by atoms with Gasteiger partial charge in [0.1, 0.15) is 5.75 Å². The molecule has 0 aromatic heterocycles. The molecule has 2 rings (SSSR count). The average molecular weight is 415 g/mol. The molecule has 0 saturated carbocycles. The molecule has 2 N–H and O–H groups in total. The minimum Gasteiger partial charge on any atom is -0.506 e. The summed E-state index contributed by atoms with van der Waals surface area (Å²) in [6, 6.07) is 10.8. The fourth-order valence-corrected chi connectivity index (χ4v) is 3.08. The second kappa shape index (κ2) is 6.95. The van der Waals surface area contributed by atoms with Crippen LogP contribution in [0.3, 0.4) is 0 Å². The topological polar surface area (TPSA) is 58.6 Å². The molecule has 0 aliphatic carbocycles. The molecular weight excluding hydrogens is 402 g/mol. The number of nitrogens with one attached hydrogen (secondary N) is 1. The van der Waals surface area contributed by atoms with Gasteiger partial charge in [0.15, 0.2) is 0 Å². The van der Waals surface area contributed by atoms with Crippen LogP contribution in [-0.2, 0) is 11.3 Å². The van der Waals surface area contributed by atoms with Crippen molar-refractivity contribution in [2.75, 3.05) is 12.4 Å². The number of aromatic hydroxyl groups is 1. The molecule has 0 fully saturated rings.